The molecule has 0 aliphatic carbocycles. The first kappa shape index (κ1) is 8.43. The van der Waals surface area contributed by atoms with Gasteiger partial charge < -0.3 is 10.1 Å². The van der Waals surface area contributed by atoms with Gasteiger partial charge in [0, 0.05) is 5.56 Å². The molecule has 0 bridgehead atoms. The zero-order chi connectivity index (χ0) is 10.1. The monoisotopic (exact) mass is 190 g/mol. The lowest BCUT2D eigenvalue weighted by Gasteiger charge is -1.94. The van der Waals surface area contributed by atoms with Crippen LogP contribution < -0.4 is 0 Å². The smallest absolute Gasteiger partial charge is 0.377 e. The molecule has 0 fully saturated rings. The summed E-state index contributed by atoms with van der Waals surface area (Å²) in [5, 5.41) is 8.48. The van der Waals surface area contributed by atoms with Gasteiger partial charge in [0.25, 0.3) is 5.78 Å². The highest BCUT2D eigenvalue weighted by Gasteiger charge is 2.14. The van der Waals surface area contributed by atoms with Gasteiger partial charge in [-0.25, -0.2) is 9.78 Å². The summed E-state index contributed by atoms with van der Waals surface area (Å²) < 4.78 is 0. The van der Waals surface area contributed by atoms with Crippen molar-refractivity contribution in [2.24, 2.45) is 0 Å². The largest absolute Gasteiger partial charge is 0.475 e. The molecule has 5 nitrogen and oxygen atoms in total. The van der Waals surface area contributed by atoms with Crippen molar-refractivity contribution in [1.82, 2.24) is 9.97 Å². The van der Waals surface area contributed by atoms with Crippen LogP contribution in [0.2, 0.25) is 0 Å². The summed E-state index contributed by atoms with van der Waals surface area (Å²) in [5.41, 5.74) is 1.50. The first-order valence-electron chi connectivity index (χ1n) is 3.89. The number of carbonyl (C=O) groups is 2. The highest BCUT2D eigenvalue weighted by molar-refractivity contribution is 6.40. The fourth-order valence-electron chi connectivity index (χ4n) is 1.20. The number of benzene rings is 1. The second-order valence-electron chi connectivity index (χ2n) is 2.77. The van der Waals surface area contributed by atoms with E-state index in [9.17, 15) is 9.59 Å². The van der Waals surface area contributed by atoms with Gasteiger partial charge >= 0.3 is 5.97 Å². The lowest BCUT2D eigenvalue weighted by molar-refractivity contribution is -0.131. The molecular weight excluding hydrogens is 184 g/mol. The predicted octanol–water partition coefficient (Wildman–Crippen LogP) is 0.830. The number of fused-ring (bicyclic) bond motifs is 1. The third kappa shape index (κ3) is 1.24. The SMILES string of the molecule is O=C(O)C(=O)c1ccc2nc[nH]c2c1. The second-order valence-corrected chi connectivity index (χ2v) is 2.77. The van der Waals surface area contributed by atoms with E-state index >= 15 is 0 Å². The molecule has 0 radical (unpaired) electrons. The summed E-state index contributed by atoms with van der Waals surface area (Å²) in [4.78, 5) is 28.2. The fourth-order valence-corrected chi connectivity index (χ4v) is 1.20. The number of carbonyl (C=O) groups excluding carboxylic acids is 1. The van der Waals surface area contributed by atoms with E-state index < -0.39 is 11.8 Å². The molecule has 0 aliphatic rings. The van der Waals surface area contributed by atoms with Crippen LogP contribution in [0.4, 0.5) is 0 Å². The zero-order valence-electron chi connectivity index (χ0n) is 7.02. The first-order chi connectivity index (χ1) is 6.68. The van der Waals surface area contributed by atoms with Crippen LogP contribution in [0.1, 0.15) is 10.4 Å². The van der Waals surface area contributed by atoms with Crippen molar-refractivity contribution in [2.75, 3.05) is 0 Å². The number of ketones is 1. The van der Waals surface area contributed by atoms with Crippen LogP contribution in [0.3, 0.4) is 0 Å². The van der Waals surface area contributed by atoms with Crippen molar-refractivity contribution in [3.05, 3.63) is 30.1 Å². The van der Waals surface area contributed by atoms with Gasteiger partial charge in [0.1, 0.15) is 0 Å². The molecule has 1 aromatic heterocycles. The van der Waals surface area contributed by atoms with Gasteiger partial charge in [-0.2, -0.15) is 0 Å². The molecule has 14 heavy (non-hydrogen) atoms. The topological polar surface area (TPSA) is 83.0 Å². The van der Waals surface area contributed by atoms with Crippen LogP contribution in [0, 0.1) is 0 Å². The van der Waals surface area contributed by atoms with E-state index in [4.69, 9.17) is 5.11 Å². The third-order valence-electron chi connectivity index (χ3n) is 1.88. The molecule has 0 aliphatic heterocycles. The van der Waals surface area contributed by atoms with Crippen molar-refractivity contribution in [3.63, 3.8) is 0 Å². The van der Waals surface area contributed by atoms with E-state index in [-0.39, 0.29) is 5.56 Å². The molecule has 70 valence electrons. The van der Waals surface area contributed by atoms with Crippen LogP contribution in [-0.2, 0) is 4.79 Å². The number of hydrogen-bond donors (Lipinski definition) is 2. The maximum Gasteiger partial charge on any atom is 0.377 e. The average Bonchev–Trinajstić information content (AvgIpc) is 2.62. The number of imidazole rings is 1. The zero-order valence-corrected chi connectivity index (χ0v) is 7.02. The van der Waals surface area contributed by atoms with Gasteiger partial charge in [-0.15, -0.1) is 0 Å². The van der Waals surface area contributed by atoms with E-state index in [1.165, 1.54) is 18.5 Å². The molecule has 1 heterocycles. The summed E-state index contributed by atoms with van der Waals surface area (Å²) in [7, 11) is 0. The van der Waals surface area contributed by atoms with E-state index in [2.05, 4.69) is 9.97 Å². The molecule has 1 aromatic carbocycles. The Hall–Kier alpha value is -2.17. The number of aliphatic carboxylic acids is 1. The summed E-state index contributed by atoms with van der Waals surface area (Å²) in [6.45, 7) is 0. The highest BCUT2D eigenvalue weighted by atomic mass is 16.4. The van der Waals surface area contributed by atoms with Crippen molar-refractivity contribution in [2.45, 2.75) is 0 Å². The summed E-state index contributed by atoms with van der Waals surface area (Å²) in [6.07, 6.45) is 1.49. The van der Waals surface area contributed by atoms with Gasteiger partial charge in [-0.05, 0) is 18.2 Å². The van der Waals surface area contributed by atoms with Gasteiger partial charge in [-0.3, -0.25) is 4.79 Å². The molecule has 0 amide bonds. The lowest BCUT2D eigenvalue weighted by atomic mass is 10.1. The minimum atomic E-state index is -1.45. The Balaban J connectivity index is 2.54. The van der Waals surface area contributed by atoms with Crippen LogP contribution in [0.5, 0.6) is 0 Å². The number of H-pyrrole nitrogens is 1. The normalized spacial score (nSPS) is 10.3. The number of hydrogen-bond acceptors (Lipinski definition) is 3. The molecule has 0 spiro atoms. The highest BCUT2D eigenvalue weighted by Crippen LogP contribution is 2.11. The number of nitrogens with one attached hydrogen (secondary N) is 1. The van der Waals surface area contributed by atoms with Gasteiger partial charge in [0.15, 0.2) is 0 Å². The number of aromatic amines is 1. The Morgan fingerprint density at radius 2 is 2.14 bits per heavy atom. The van der Waals surface area contributed by atoms with Crippen molar-refractivity contribution >= 4 is 22.8 Å². The molecule has 2 rings (SSSR count). The molecule has 2 N–H and O–H groups in total. The minimum absolute atomic E-state index is 0.147. The Morgan fingerprint density at radius 1 is 1.36 bits per heavy atom. The van der Waals surface area contributed by atoms with E-state index in [0.717, 1.165) is 0 Å². The number of carboxylic acids is 1. The molecule has 2 aromatic rings. The molecule has 0 atom stereocenters. The lowest BCUT2D eigenvalue weighted by Crippen LogP contribution is -2.12. The van der Waals surface area contributed by atoms with Crippen LogP contribution in [0.25, 0.3) is 11.0 Å². The minimum Gasteiger partial charge on any atom is -0.475 e. The van der Waals surface area contributed by atoms with Crippen LogP contribution >= 0.6 is 0 Å². The summed E-state index contributed by atoms with van der Waals surface area (Å²) in [5.74, 6) is -2.37. The number of carboxylic acid groups (broad SMARTS) is 1. The first-order valence-corrected chi connectivity index (χ1v) is 3.89. The maximum atomic E-state index is 11.1. The molecule has 5 heteroatoms. The second kappa shape index (κ2) is 2.95. The van der Waals surface area contributed by atoms with E-state index in [1.807, 2.05) is 0 Å². The molecule has 0 saturated heterocycles. The van der Waals surface area contributed by atoms with Gasteiger partial charge in [-0.1, -0.05) is 0 Å². The summed E-state index contributed by atoms with van der Waals surface area (Å²) >= 11 is 0. The molecular formula is C9H6N2O3. The van der Waals surface area contributed by atoms with Gasteiger partial charge in [0.05, 0.1) is 17.4 Å². The number of Topliss-reactive ketones (excluding diaryl/α,β-unsaturated/α-hetero) is 1. The van der Waals surface area contributed by atoms with E-state index in [1.54, 1.807) is 6.07 Å². The quantitative estimate of drug-likeness (QED) is 0.542. The molecule has 0 unspecified atom stereocenters. The van der Waals surface area contributed by atoms with E-state index in [0.29, 0.717) is 11.0 Å². The maximum absolute atomic E-state index is 11.1. The Labute approximate surface area is 78.4 Å². The fraction of sp³-hybridized carbons (Fsp3) is 0. The Bertz CT molecular complexity index is 516. The number of rotatable bonds is 2. The molecule has 0 saturated carbocycles. The van der Waals surface area contributed by atoms with Gasteiger partial charge in [0.2, 0.25) is 0 Å². The number of nitrogens with zero attached hydrogens (tertiary/aromatic N) is 1. The van der Waals surface area contributed by atoms with Crippen molar-refractivity contribution in [3.8, 4) is 0 Å². The third-order valence-corrected chi connectivity index (χ3v) is 1.88. The predicted molar refractivity (Wildman–Crippen MR) is 48.1 cm³/mol. The Morgan fingerprint density at radius 3 is 2.86 bits per heavy atom. The standard InChI is InChI=1S/C9H6N2O3/c12-8(9(13)14)5-1-2-6-7(3-5)11-4-10-6/h1-4H,(H,10,11)(H,13,14). The Kier molecular flexibility index (Phi) is 1.78. The average molecular weight is 190 g/mol. The number of aromatic nitrogens is 2. The van der Waals surface area contributed by atoms with Crippen LogP contribution in [-0.4, -0.2) is 26.8 Å². The van der Waals surface area contributed by atoms with Crippen LogP contribution in [0.15, 0.2) is 24.5 Å². The van der Waals surface area contributed by atoms with Crippen molar-refractivity contribution < 1.29 is 14.7 Å². The van der Waals surface area contributed by atoms with Crippen molar-refractivity contribution in [1.29, 1.82) is 0 Å². The summed E-state index contributed by atoms with van der Waals surface area (Å²) in [6, 6.07) is 4.51.